The minimum atomic E-state index is -0.650. The highest BCUT2D eigenvalue weighted by Gasteiger charge is 2.52. The second-order valence-electron chi connectivity index (χ2n) is 7.62. The molecule has 2 aliphatic rings. The number of β-lactam (4-membered cyclic amide) rings is 1. The van der Waals surface area contributed by atoms with Crippen molar-refractivity contribution in [3.63, 3.8) is 0 Å². The van der Waals surface area contributed by atoms with Crippen LogP contribution in [-0.2, 0) is 23.9 Å². The van der Waals surface area contributed by atoms with Crippen LogP contribution in [0.4, 0.5) is 0 Å². The van der Waals surface area contributed by atoms with Gasteiger partial charge in [0.1, 0.15) is 23.7 Å². The lowest BCUT2D eigenvalue weighted by Crippen LogP contribution is -2.68. The van der Waals surface area contributed by atoms with E-state index in [1.54, 1.807) is 12.2 Å². The molecule has 1 saturated heterocycles. The molecule has 4 rings (SSSR count). The maximum absolute atomic E-state index is 13.5. The SMILES string of the molecule is CC(=O)OC/C=C\C1=C(C(=O)OC(c2ccccc2)c2ccccc2)N2C(=O)C(N)C2SC1. The first-order valence-electron chi connectivity index (χ1n) is 10.5. The van der Waals surface area contributed by atoms with E-state index in [9.17, 15) is 14.4 Å². The Morgan fingerprint density at radius 2 is 1.73 bits per heavy atom. The Kier molecular flexibility index (Phi) is 6.96. The van der Waals surface area contributed by atoms with Gasteiger partial charge in [-0.15, -0.1) is 11.8 Å². The van der Waals surface area contributed by atoms with Crippen molar-refractivity contribution in [2.45, 2.75) is 24.4 Å². The lowest BCUT2D eigenvalue weighted by atomic mass is 10.0. The summed E-state index contributed by atoms with van der Waals surface area (Å²) in [5.41, 5.74) is 8.40. The third-order valence-corrected chi connectivity index (χ3v) is 6.69. The van der Waals surface area contributed by atoms with Crippen LogP contribution in [0.3, 0.4) is 0 Å². The van der Waals surface area contributed by atoms with Crippen molar-refractivity contribution in [1.82, 2.24) is 4.90 Å². The molecule has 2 unspecified atom stereocenters. The summed E-state index contributed by atoms with van der Waals surface area (Å²) < 4.78 is 11.0. The van der Waals surface area contributed by atoms with Crippen molar-refractivity contribution in [2.75, 3.05) is 12.4 Å². The molecule has 0 bridgehead atoms. The number of nitrogens with two attached hydrogens (primary N) is 1. The van der Waals surface area contributed by atoms with E-state index in [0.717, 1.165) is 11.1 Å². The summed E-state index contributed by atoms with van der Waals surface area (Å²) in [6, 6.07) is 18.2. The van der Waals surface area contributed by atoms with Gasteiger partial charge in [-0.2, -0.15) is 0 Å². The van der Waals surface area contributed by atoms with E-state index >= 15 is 0 Å². The van der Waals surface area contributed by atoms with E-state index in [1.165, 1.54) is 23.6 Å². The van der Waals surface area contributed by atoms with Gasteiger partial charge in [-0.25, -0.2) is 4.79 Å². The van der Waals surface area contributed by atoms with E-state index < -0.39 is 24.1 Å². The molecule has 2 aromatic rings. The lowest BCUT2D eigenvalue weighted by molar-refractivity contribution is -0.153. The average molecular weight is 465 g/mol. The van der Waals surface area contributed by atoms with Crippen molar-refractivity contribution < 1.29 is 23.9 Å². The maximum Gasteiger partial charge on any atom is 0.356 e. The standard InChI is InChI=1S/C25H24N2O5S/c1-16(28)31-14-8-13-19-15-33-24-20(26)23(29)27(24)21(19)25(30)32-22(17-9-4-2-5-10-17)18-11-6-3-7-12-18/h2-13,20,22,24H,14-15,26H2,1H3/b13-8-. The van der Waals surface area contributed by atoms with Gasteiger partial charge in [0.15, 0.2) is 6.10 Å². The fraction of sp³-hybridized carbons (Fsp3) is 0.240. The predicted octanol–water partition coefficient (Wildman–Crippen LogP) is 2.94. The summed E-state index contributed by atoms with van der Waals surface area (Å²) in [6.07, 6.45) is 2.69. The van der Waals surface area contributed by atoms with Crippen LogP contribution in [0.25, 0.3) is 0 Å². The predicted molar refractivity (Wildman–Crippen MR) is 125 cm³/mol. The third-order valence-electron chi connectivity index (χ3n) is 5.36. The number of hydrogen-bond acceptors (Lipinski definition) is 7. The number of carbonyl (C=O) groups excluding carboxylic acids is 3. The third kappa shape index (κ3) is 4.86. The summed E-state index contributed by atoms with van der Waals surface area (Å²) in [5, 5.41) is -0.308. The summed E-state index contributed by atoms with van der Waals surface area (Å²) in [6.45, 7) is 1.39. The lowest BCUT2D eigenvalue weighted by Gasteiger charge is -2.48. The zero-order valence-electron chi connectivity index (χ0n) is 18.0. The molecule has 1 fully saturated rings. The van der Waals surface area contributed by atoms with E-state index in [-0.39, 0.29) is 23.6 Å². The van der Waals surface area contributed by atoms with Crippen molar-refractivity contribution in [3.8, 4) is 0 Å². The van der Waals surface area contributed by atoms with Crippen LogP contribution in [0.5, 0.6) is 0 Å². The Bertz CT molecular complexity index is 1060. The molecular formula is C25H24N2O5S. The van der Waals surface area contributed by atoms with Gasteiger partial charge in [0.05, 0.1) is 0 Å². The highest BCUT2D eigenvalue weighted by Crippen LogP contribution is 2.41. The largest absolute Gasteiger partial charge is 0.462 e. The van der Waals surface area contributed by atoms with Gasteiger partial charge in [-0.3, -0.25) is 14.5 Å². The van der Waals surface area contributed by atoms with Crippen LogP contribution in [0.15, 0.2) is 84.1 Å². The highest BCUT2D eigenvalue weighted by molar-refractivity contribution is 8.00. The molecule has 2 atom stereocenters. The molecule has 0 saturated carbocycles. The minimum Gasteiger partial charge on any atom is -0.462 e. The monoisotopic (exact) mass is 464 g/mol. The topological polar surface area (TPSA) is 98.9 Å². The van der Waals surface area contributed by atoms with Crippen molar-refractivity contribution in [2.24, 2.45) is 5.73 Å². The number of fused-ring (bicyclic) bond motifs is 1. The first-order valence-corrected chi connectivity index (χ1v) is 11.6. The Labute approximate surface area is 196 Å². The minimum absolute atomic E-state index is 0.0688. The average Bonchev–Trinajstić information content (AvgIpc) is 2.85. The number of amides is 1. The zero-order valence-corrected chi connectivity index (χ0v) is 18.9. The molecule has 0 aliphatic carbocycles. The molecule has 0 radical (unpaired) electrons. The highest BCUT2D eigenvalue weighted by atomic mass is 32.2. The molecule has 2 aromatic carbocycles. The number of thioether (sulfide) groups is 1. The second kappa shape index (κ2) is 10.1. The Balaban J connectivity index is 1.66. The number of rotatable bonds is 7. The van der Waals surface area contributed by atoms with E-state index in [4.69, 9.17) is 15.2 Å². The summed E-state index contributed by atoms with van der Waals surface area (Å²) >= 11 is 1.49. The molecule has 170 valence electrons. The van der Waals surface area contributed by atoms with Crippen LogP contribution in [-0.4, -0.2) is 46.5 Å². The maximum atomic E-state index is 13.5. The van der Waals surface area contributed by atoms with Gasteiger partial charge < -0.3 is 15.2 Å². The molecule has 2 heterocycles. The molecule has 2 N–H and O–H groups in total. The number of esters is 2. The van der Waals surface area contributed by atoms with Crippen molar-refractivity contribution >= 4 is 29.6 Å². The second-order valence-corrected chi connectivity index (χ2v) is 8.73. The smallest absolute Gasteiger partial charge is 0.356 e. The first kappa shape index (κ1) is 22.8. The van der Waals surface area contributed by atoms with Gasteiger partial charge in [0.25, 0.3) is 0 Å². The Morgan fingerprint density at radius 3 is 2.30 bits per heavy atom. The number of carbonyl (C=O) groups is 3. The summed E-state index contributed by atoms with van der Waals surface area (Å²) in [4.78, 5) is 38.5. The zero-order chi connectivity index (χ0) is 23.4. The number of benzene rings is 2. The first-order chi connectivity index (χ1) is 16.0. The molecule has 8 heteroatoms. The number of hydrogen-bond donors (Lipinski definition) is 1. The van der Waals surface area contributed by atoms with Gasteiger partial charge in [0.2, 0.25) is 5.91 Å². The van der Waals surface area contributed by atoms with E-state index in [1.807, 2.05) is 60.7 Å². The van der Waals surface area contributed by atoms with Crippen molar-refractivity contribution in [3.05, 3.63) is 95.2 Å². The van der Waals surface area contributed by atoms with Gasteiger partial charge >= 0.3 is 11.9 Å². The molecule has 33 heavy (non-hydrogen) atoms. The summed E-state index contributed by atoms with van der Waals surface area (Å²) in [7, 11) is 0. The van der Waals surface area contributed by atoms with E-state index in [0.29, 0.717) is 11.3 Å². The Hall–Kier alpha value is -3.36. The molecule has 7 nitrogen and oxygen atoms in total. The van der Waals surface area contributed by atoms with Crippen LogP contribution >= 0.6 is 11.8 Å². The molecule has 0 aromatic heterocycles. The van der Waals surface area contributed by atoms with Gasteiger partial charge in [-0.1, -0.05) is 66.7 Å². The normalized spacial score (nSPS) is 20.0. The van der Waals surface area contributed by atoms with E-state index in [2.05, 4.69) is 0 Å². The molecule has 1 amide bonds. The van der Waals surface area contributed by atoms with Crippen LogP contribution < -0.4 is 5.73 Å². The Morgan fingerprint density at radius 1 is 1.12 bits per heavy atom. The fourth-order valence-electron chi connectivity index (χ4n) is 3.76. The van der Waals surface area contributed by atoms with Gasteiger partial charge in [-0.05, 0) is 22.8 Å². The number of nitrogens with zero attached hydrogens (tertiary/aromatic N) is 1. The molecule has 2 aliphatic heterocycles. The quantitative estimate of drug-likeness (QED) is 0.497. The van der Waals surface area contributed by atoms with Crippen LogP contribution in [0.1, 0.15) is 24.2 Å². The summed E-state index contributed by atoms with van der Waals surface area (Å²) in [5.74, 6) is -0.847. The number of allylic oxidation sites excluding steroid dienone is 1. The fourth-order valence-corrected chi connectivity index (χ4v) is 5.03. The van der Waals surface area contributed by atoms with Crippen molar-refractivity contribution in [1.29, 1.82) is 0 Å². The molecular weight excluding hydrogens is 440 g/mol. The van der Waals surface area contributed by atoms with Crippen LogP contribution in [0, 0.1) is 0 Å². The number of ether oxygens (including phenoxy) is 2. The molecule has 0 spiro atoms. The van der Waals surface area contributed by atoms with Gasteiger partial charge in [0, 0.05) is 12.7 Å². The van der Waals surface area contributed by atoms with Crippen LogP contribution in [0.2, 0.25) is 0 Å².